The van der Waals surface area contributed by atoms with Gasteiger partial charge in [0.2, 0.25) is 10.0 Å². The second kappa shape index (κ2) is 7.74. The number of carbonyl (C=O) groups is 2. The van der Waals surface area contributed by atoms with Gasteiger partial charge >= 0.3 is 11.9 Å². The summed E-state index contributed by atoms with van der Waals surface area (Å²) in [6.07, 6.45) is 1.97. The Morgan fingerprint density at radius 2 is 1.90 bits per heavy atom. The number of rotatable bonds is 8. The van der Waals surface area contributed by atoms with Crippen molar-refractivity contribution in [2.45, 2.75) is 32.6 Å². The Morgan fingerprint density at radius 1 is 1.24 bits per heavy atom. The highest BCUT2D eigenvalue weighted by molar-refractivity contribution is 7.89. The van der Waals surface area contributed by atoms with Crippen LogP contribution in [-0.4, -0.2) is 55.7 Å². The summed E-state index contributed by atoms with van der Waals surface area (Å²) < 4.78 is 30.1. The van der Waals surface area contributed by atoms with Gasteiger partial charge in [-0.25, -0.2) is 12.7 Å². The molecule has 1 heterocycles. The Balaban J connectivity index is 2.37. The molecule has 2 atom stereocenters. The number of hydrogen-bond donors (Lipinski definition) is 1. The Labute approximate surface area is 125 Å². The maximum Gasteiger partial charge on any atom is 0.308 e. The largest absolute Gasteiger partial charge is 0.481 e. The van der Waals surface area contributed by atoms with Crippen molar-refractivity contribution in [3.8, 4) is 0 Å². The van der Waals surface area contributed by atoms with Gasteiger partial charge in [0.25, 0.3) is 0 Å². The zero-order valence-electron chi connectivity index (χ0n) is 12.4. The maximum absolute atomic E-state index is 12.1. The van der Waals surface area contributed by atoms with Crippen LogP contribution in [0.5, 0.6) is 0 Å². The number of methoxy groups -OCH3 is 1. The van der Waals surface area contributed by atoms with Gasteiger partial charge in [0, 0.05) is 19.5 Å². The van der Waals surface area contributed by atoms with Crippen LogP contribution in [-0.2, 0) is 24.3 Å². The SMILES string of the molecule is COC(=O)CCCCCS(=O)(=O)N1C[C@@H](C)[C@H](C(=O)O)C1. The topological polar surface area (TPSA) is 101 Å². The van der Waals surface area contributed by atoms with Gasteiger partial charge in [-0.15, -0.1) is 0 Å². The molecular formula is C13H23NO6S. The minimum absolute atomic E-state index is 0.00671. The van der Waals surface area contributed by atoms with Crippen LogP contribution >= 0.6 is 0 Å². The summed E-state index contributed by atoms with van der Waals surface area (Å²) in [5.74, 6) is -2.04. The lowest BCUT2D eigenvalue weighted by Gasteiger charge is -2.15. The van der Waals surface area contributed by atoms with E-state index < -0.39 is 21.9 Å². The maximum atomic E-state index is 12.1. The minimum Gasteiger partial charge on any atom is -0.481 e. The molecule has 8 heteroatoms. The molecule has 0 spiro atoms. The van der Waals surface area contributed by atoms with Crippen LogP contribution in [0.25, 0.3) is 0 Å². The van der Waals surface area contributed by atoms with E-state index in [9.17, 15) is 18.0 Å². The van der Waals surface area contributed by atoms with Gasteiger partial charge < -0.3 is 9.84 Å². The molecule has 1 N–H and O–H groups in total. The predicted octanol–water partition coefficient (Wildman–Crippen LogP) is 0.702. The Morgan fingerprint density at radius 3 is 2.43 bits per heavy atom. The van der Waals surface area contributed by atoms with Gasteiger partial charge in [0.05, 0.1) is 18.8 Å². The highest BCUT2D eigenvalue weighted by atomic mass is 32.2. The molecule has 1 rings (SSSR count). The first-order chi connectivity index (χ1) is 9.77. The summed E-state index contributed by atoms with van der Waals surface area (Å²) >= 11 is 0. The molecule has 1 fully saturated rings. The fraction of sp³-hybridized carbons (Fsp3) is 0.846. The molecule has 0 unspecified atom stereocenters. The Bertz CT molecular complexity index is 475. The lowest BCUT2D eigenvalue weighted by Crippen LogP contribution is -2.32. The second-order valence-corrected chi connectivity index (χ2v) is 7.53. The van der Waals surface area contributed by atoms with Crippen LogP contribution in [0.3, 0.4) is 0 Å². The standard InChI is InChI=1S/C13H23NO6S/c1-10-8-14(9-11(10)13(16)17)21(18,19)7-5-3-4-6-12(15)20-2/h10-11H,3-9H2,1-2H3,(H,16,17)/t10-,11-/m1/s1. The summed E-state index contributed by atoms with van der Waals surface area (Å²) in [7, 11) is -2.09. The third-order valence-electron chi connectivity index (χ3n) is 3.80. The number of aliphatic carboxylic acids is 1. The van der Waals surface area contributed by atoms with E-state index in [0.717, 1.165) is 0 Å². The van der Waals surface area contributed by atoms with Crippen LogP contribution in [0.2, 0.25) is 0 Å². The molecule has 0 amide bonds. The van der Waals surface area contributed by atoms with Crippen molar-refractivity contribution in [2.75, 3.05) is 26.0 Å². The highest BCUT2D eigenvalue weighted by Gasteiger charge is 2.39. The molecule has 7 nitrogen and oxygen atoms in total. The molecule has 122 valence electrons. The van der Waals surface area contributed by atoms with E-state index in [0.29, 0.717) is 25.7 Å². The molecule has 1 aliphatic heterocycles. The van der Waals surface area contributed by atoms with Gasteiger partial charge in [-0.1, -0.05) is 13.3 Å². The number of carboxylic acid groups (broad SMARTS) is 1. The van der Waals surface area contributed by atoms with Crippen molar-refractivity contribution in [2.24, 2.45) is 11.8 Å². The first-order valence-electron chi connectivity index (χ1n) is 7.05. The fourth-order valence-electron chi connectivity index (χ4n) is 2.43. The monoisotopic (exact) mass is 321 g/mol. The summed E-state index contributed by atoms with van der Waals surface area (Å²) in [4.78, 5) is 21.9. The van der Waals surface area contributed by atoms with Crippen molar-refractivity contribution < 1.29 is 27.9 Å². The van der Waals surface area contributed by atoms with E-state index in [-0.39, 0.29) is 30.7 Å². The van der Waals surface area contributed by atoms with Crippen LogP contribution in [0.4, 0.5) is 0 Å². The lowest BCUT2D eigenvalue weighted by molar-refractivity contribution is -0.142. The number of ether oxygens (including phenoxy) is 1. The number of unbranched alkanes of at least 4 members (excludes halogenated alkanes) is 2. The third-order valence-corrected chi connectivity index (χ3v) is 5.69. The minimum atomic E-state index is -3.41. The summed E-state index contributed by atoms with van der Waals surface area (Å²) in [5, 5.41) is 9.02. The molecule has 1 saturated heterocycles. The molecule has 0 aromatic heterocycles. The van der Waals surface area contributed by atoms with Crippen molar-refractivity contribution in [3.63, 3.8) is 0 Å². The number of sulfonamides is 1. The van der Waals surface area contributed by atoms with Gasteiger partial charge in [0.15, 0.2) is 0 Å². The number of nitrogens with zero attached hydrogens (tertiary/aromatic N) is 1. The van der Waals surface area contributed by atoms with Crippen LogP contribution in [0.1, 0.15) is 32.6 Å². The molecule has 0 bridgehead atoms. The molecule has 0 aromatic rings. The zero-order valence-corrected chi connectivity index (χ0v) is 13.3. The van der Waals surface area contributed by atoms with Gasteiger partial charge in [-0.05, 0) is 18.8 Å². The zero-order chi connectivity index (χ0) is 16.0. The molecule has 0 aliphatic carbocycles. The molecule has 0 aromatic carbocycles. The van der Waals surface area contributed by atoms with E-state index >= 15 is 0 Å². The fourth-order valence-corrected chi connectivity index (χ4v) is 4.11. The van der Waals surface area contributed by atoms with Crippen LogP contribution < -0.4 is 0 Å². The quantitative estimate of drug-likeness (QED) is 0.522. The average Bonchev–Trinajstić information content (AvgIpc) is 2.81. The van der Waals surface area contributed by atoms with Gasteiger partial charge in [-0.2, -0.15) is 0 Å². The summed E-state index contributed by atoms with van der Waals surface area (Å²) in [6.45, 7) is 2.08. The second-order valence-electron chi connectivity index (χ2n) is 5.44. The van der Waals surface area contributed by atoms with Gasteiger partial charge in [-0.3, -0.25) is 9.59 Å². The van der Waals surface area contributed by atoms with Crippen LogP contribution in [0, 0.1) is 11.8 Å². The van der Waals surface area contributed by atoms with Gasteiger partial charge in [0.1, 0.15) is 0 Å². The normalized spacial score (nSPS) is 23.1. The number of esters is 1. The summed E-state index contributed by atoms with van der Waals surface area (Å²) in [5.41, 5.74) is 0. The highest BCUT2D eigenvalue weighted by Crippen LogP contribution is 2.26. The first-order valence-corrected chi connectivity index (χ1v) is 8.66. The van der Waals surface area contributed by atoms with Crippen molar-refractivity contribution in [1.82, 2.24) is 4.31 Å². The average molecular weight is 321 g/mol. The molecular weight excluding hydrogens is 298 g/mol. The van der Waals surface area contributed by atoms with Crippen molar-refractivity contribution in [3.05, 3.63) is 0 Å². The van der Waals surface area contributed by atoms with Crippen LogP contribution in [0.15, 0.2) is 0 Å². The molecule has 0 radical (unpaired) electrons. The Kier molecular flexibility index (Phi) is 6.60. The van der Waals surface area contributed by atoms with E-state index in [2.05, 4.69) is 4.74 Å². The molecule has 1 aliphatic rings. The van der Waals surface area contributed by atoms with E-state index in [1.165, 1.54) is 11.4 Å². The smallest absolute Gasteiger partial charge is 0.308 e. The number of carboxylic acids is 1. The van der Waals surface area contributed by atoms with Crippen molar-refractivity contribution in [1.29, 1.82) is 0 Å². The predicted molar refractivity (Wildman–Crippen MR) is 76.1 cm³/mol. The van der Waals surface area contributed by atoms with E-state index in [4.69, 9.17) is 5.11 Å². The number of hydrogen-bond acceptors (Lipinski definition) is 5. The lowest BCUT2D eigenvalue weighted by atomic mass is 9.99. The summed E-state index contributed by atoms with van der Waals surface area (Å²) in [6, 6.07) is 0. The first kappa shape index (κ1) is 17.9. The molecule has 21 heavy (non-hydrogen) atoms. The van der Waals surface area contributed by atoms with E-state index in [1.807, 2.05) is 0 Å². The van der Waals surface area contributed by atoms with Crippen molar-refractivity contribution >= 4 is 22.0 Å². The third kappa shape index (κ3) is 5.28. The van der Waals surface area contributed by atoms with E-state index in [1.54, 1.807) is 6.92 Å². The Hall–Kier alpha value is -1.15. The molecule has 0 saturated carbocycles. The number of carbonyl (C=O) groups excluding carboxylic acids is 1.